The Kier molecular flexibility index (Phi) is 6.48. The third-order valence-electron chi connectivity index (χ3n) is 2.36. The van der Waals surface area contributed by atoms with Crippen LogP contribution in [0.1, 0.15) is 30.9 Å². The van der Waals surface area contributed by atoms with E-state index < -0.39 is 5.97 Å². The summed E-state index contributed by atoms with van der Waals surface area (Å²) in [6.45, 7) is 2.53. The van der Waals surface area contributed by atoms with Gasteiger partial charge in [-0.2, -0.15) is 10.4 Å². The molecule has 0 amide bonds. The molecular weight excluding hydrogens is 256 g/mol. The highest BCUT2D eigenvalue weighted by Gasteiger charge is 1.95. The number of aliphatic carboxylic acids is 1. The highest BCUT2D eigenvalue weighted by Crippen LogP contribution is 2.04. The van der Waals surface area contributed by atoms with E-state index in [2.05, 4.69) is 16.2 Å². The second-order valence-corrected chi connectivity index (χ2v) is 4.05. The van der Waals surface area contributed by atoms with Crippen molar-refractivity contribution in [3.63, 3.8) is 0 Å². The van der Waals surface area contributed by atoms with Gasteiger partial charge in [-0.1, -0.05) is 19.1 Å². The van der Waals surface area contributed by atoms with E-state index in [0.717, 1.165) is 12.0 Å². The largest absolute Gasteiger partial charge is 0.481 e. The van der Waals surface area contributed by atoms with E-state index in [9.17, 15) is 4.79 Å². The Morgan fingerprint density at radius 3 is 2.50 bits per heavy atom. The van der Waals surface area contributed by atoms with Crippen molar-refractivity contribution < 1.29 is 9.90 Å². The first-order valence-electron chi connectivity index (χ1n) is 6.19. The lowest BCUT2D eigenvalue weighted by Gasteiger charge is -2.00. The number of hydrogen-bond acceptors (Lipinski definition) is 4. The Morgan fingerprint density at radius 2 is 2.10 bits per heavy atom. The fourth-order valence-electron chi connectivity index (χ4n) is 1.40. The average molecular weight is 272 g/mol. The number of rotatable bonds is 4. The van der Waals surface area contributed by atoms with Crippen LogP contribution in [-0.2, 0) is 11.3 Å². The zero-order valence-corrected chi connectivity index (χ0v) is 11.2. The topological polar surface area (TPSA) is 91.8 Å². The Bertz CT molecular complexity index is 556. The van der Waals surface area contributed by atoms with E-state index >= 15 is 0 Å². The van der Waals surface area contributed by atoms with Gasteiger partial charge in [0.1, 0.15) is 12.7 Å². The lowest BCUT2D eigenvalue weighted by molar-refractivity contribution is -0.137. The van der Waals surface area contributed by atoms with Crippen molar-refractivity contribution in [2.45, 2.75) is 26.3 Å². The van der Waals surface area contributed by atoms with E-state index in [1.54, 1.807) is 23.1 Å². The second kappa shape index (κ2) is 8.43. The van der Waals surface area contributed by atoms with Crippen LogP contribution in [0.15, 0.2) is 36.9 Å². The molecule has 0 atom stereocenters. The minimum atomic E-state index is -0.711. The zero-order chi connectivity index (χ0) is 14.8. The number of benzene rings is 1. The first-order valence-corrected chi connectivity index (χ1v) is 6.19. The van der Waals surface area contributed by atoms with Gasteiger partial charge in [-0.3, -0.25) is 4.79 Å². The second-order valence-electron chi connectivity index (χ2n) is 4.05. The third kappa shape index (κ3) is 5.78. The van der Waals surface area contributed by atoms with Crippen LogP contribution in [0.3, 0.4) is 0 Å². The van der Waals surface area contributed by atoms with Gasteiger partial charge in [0.15, 0.2) is 0 Å². The molecule has 0 aliphatic heterocycles. The SMILES string of the molecule is CCCC(=O)O.N#Cc1ccc(Cn2cncn2)cc1. The van der Waals surface area contributed by atoms with E-state index in [0.29, 0.717) is 18.5 Å². The van der Waals surface area contributed by atoms with Crippen LogP contribution in [0, 0.1) is 11.3 Å². The molecule has 2 aromatic rings. The summed E-state index contributed by atoms with van der Waals surface area (Å²) >= 11 is 0. The first-order chi connectivity index (χ1) is 9.65. The summed E-state index contributed by atoms with van der Waals surface area (Å²) in [7, 11) is 0. The molecule has 2 rings (SSSR count). The van der Waals surface area contributed by atoms with Crippen LogP contribution in [0.5, 0.6) is 0 Å². The summed E-state index contributed by atoms with van der Waals surface area (Å²) in [5.41, 5.74) is 1.78. The quantitative estimate of drug-likeness (QED) is 0.919. The van der Waals surface area contributed by atoms with Gasteiger partial charge in [-0.25, -0.2) is 9.67 Å². The fourth-order valence-corrected chi connectivity index (χ4v) is 1.40. The fraction of sp³-hybridized carbons (Fsp3) is 0.286. The molecule has 104 valence electrons. The summed E-state index contributed by atoms with van der Waals surface area (Å²) in [5.74, 6) is -0.711. The van der Waals surface area contributed by atoms with Gasteiger partial charge >= 0.3 is 5.97 Å². The lowest BCUT2D eigenvalue weighted by Crippen LogP contribution is -1.99. The normalized spacial score (nSPS) is 9.20. The predicted molar refractivity (Wildman–Crippen MR) is 72.8 cm³/mol. The Morgan fingerprint density at radius 1 is 1.40 bits per heavy atom. The highest BCUT2D eigenvalue weighted by molar-refractivity contribution is 5.66. The number of nitriles is 1. The standard InChI is InChI=1S/C10H8N4.C4H8O2/c11-5-9-1-3-10(4-2-9)6-14-8-12-7-13-14;1-2-3-4(5)6/h1-4,7-8H,6H2;2-3H2,1H3,(H,5,6). The van der Waals surface area contributed by atoms with Crippen LogP contribution in [-0.4, -0.2) is 25.8 Å². The summed E-state index contributed by atoms with van der Waals surface area (Å²) in [6, 6.07) is 9.51. The molecule has 0 spiro atoms. The van der Waals surface area contributed by atoms with Gasteiger partial charge in [0.05, 0.1) is 18.2 Å². The number of carbonyl (C=O) groups is 1. The molecule has 0 radical (unpaired) electrons. The number of aromatic nitrogens is 3. The van der Waals surface area contributed by atoms with Crippen LogP contribution >= 0.6 is 0 Å². The maximum Gasteiger partial charge on any atom is 0.303 e. The number of carboxylic acid groups (broad SMARTS) is 1. The summed E-state index contributed by atoms with van der Waals surface area (Å²) in [6.07, 6.45) is 4.19. The monoisotopic (exact) mass is 272 g/mol. The summed E-state index contributed by atoms with van der Waals surface area (Å²) < 4.78 is 1.74. The number of carboxylic acids is 1. The molecule has 0 fully saturated rings. The predicted octanol–water partition coefficient (Wildman–Crippen LogP) is 2.07. The molecule has 6 nitrogen and oxygen atoms in total. The molecule has 1 heterocycles. The molecule has 0 aliphatic carbocycles. The van der Waals surface area contributed by atoms with Crippen molar-refractivity contribution in [2.75, 3.05) is 0 Å². The molecule has 1 aromatic heterocycles. The van der Waals surface area contributed by atoms with Crippen LogP contribution in [0.4, 0.5) is 0 Å². The van der Waals surface area contributed by atoms with E-state index in [-0.39, 0.29) is 0 Å². The Balaban J connectivity index is 0.000000286. The van der Waals surface area contributed by atoms with Crippen molar-refractivity contribution in [1.29, 1.82) is 5.26 Å². The van der Waals surface area contributed by atoms with Crippen LogP contribution in [0.25, 0.3) is 0 Å². The van der Waals surface area contributed by atoms with Crippen LogP contribution < -0.4 is 0 Å². The average Bonchev–Trinajstić information content (AvgIpc) is 2.93. The minimum absolute atomic E-state index is 0.292. The summed E-state index contributed by atoms with van der Waals surface area (Å²) in [5, 5.41) is 20.5. The third-order valence-corrected chi connectivity index (χ3v) is 2.36. The van der Waals surface area contributed by atoms with Crippen LogP contribution in [0.2, 0.25) is 0 Å². The molecule has 20 heavy (non-hydrogen) atoms. The van der Waals surface area contributed by atoms with Gasteiger partial charge in [-0.15, -0.1) is 0 Å². The Labute approximate surface area is 117 Å². The summed E-state index contributed by atoms with van der Waals surface area (Å²) in [4.78, 5) is 13.5. The first kappa shape index (κ1) is 15.4. The van der Waals surface area contributed by atoms with Crippen molar-refractivity contribution >= 4 is 5.97 Å². The van der Waals surface area contributed by atoms with Crippen molar-refractivity contribution in [3.05, 3.63) is 48.0 Å². The molecule has 0 bridgehead atoms. The number of hydrogen-bond donors (Lipinski definition) is 1. The number of nitrogens with zero attached hydrogens (tertiary/aromatic N) is 4. The molecule has 1 N–H and O–H groups in total. The molecule has 1 aromatic carbocycles. The molecule has 6 heteroatoms. The molecule has 0 unspecified atom stereocenters. The van der Waals surface area contributed by atoms with Gasteiger partial charge in [0.25, 0.3) is 0 Å². The minimum Gasteiger partial charge on any atom is -0.481 e. The van der Waals surface area contributed by atoms with Gasteiger partial charge < -0.3 is 5.11 Å². The van der Waals surface area contributed by atoms with Gasteiger partial charge in [0.2, 0.25) is 0 Å². The van der Waals surface area contributed by atoms with Gasteiger partial charge in [0, 0.05) is 6.42 Å². The van der Waals surface area contributed by atoms with Crippen molar-refractivity contribution in [2.24, 2.45) is 0 Å². The Hall–Kier alpha value is -2.68. The molecule has 0 aliphatic rings. The maximum atomic E-state index is 9.60. The molecule has 0 saturated heterocycles. The lowest BCUT2D eigenvalue weighted by atomic mass is 10.1. The smallest absolute Gasteiger partial charge is 0.303 e. The van der Waals surface area contributed by atoms with Gasteiger partial charge in [-0.05, 0) is 24.1 Å². The van der Waals surface area contributed by atoms with E-state index in [1.807, 2.05) is 19.1 Å². The van der Waals surface area contributed by atoms with E-state index in [4.69, 9.17) is 10.4 Å². The van der Waals surface area contributed by atoms with Crippen molar-refractivity contribution in [3.8, 4) is 6.07 Å². The highest BCUT2D eigenvalue weighted by atomic mass is 16.4. The van der Waals surface area contributed by atoms with Crippen molar-refractivity contribution in [1.82, 2.24) is 14.8 Å². The zero-order valence-electron chi connectivity index (χ0n) is 11.2. The maximum absolute atomic E-state index is 9.60. The molecular formula is C14H16N4O2. The molecule has 0 saturated carbocycles. The van der Waals surface area contributed by atoms with E-state index in [1.165, 1.54) is 6.33 Å².